The van der Waals surface area contributed by atoms with Gasteiger partial charge in [-0.25, -0.2) is 9.78 Å². The lowest BCUT2D eigenvalue weighted by atomic mass is 10.2. The molecule has 0 aliphatic heterocycles. The largest absolute Gasteiger partial charge is 0.497 e. The van der Waals surface area contributed by atoms with Gasteiger partial charge in [-0.1, -0.05) is 12.1 Å². The standard InChI is InChI=1S/C14H13NO4/c1-18-11-5-2-4-10(8-11)9-19-12-6-3-7-15-13(12)14(16)17/h2-8H,9H2,1H3,(H,16,17). The van der Waals surface area contributed by atoms with Crippen molar-refractivity contribution in [1.82, 2.24) is 4.98 Å². The number of carboxylic acid groups (broad SMARTS) is 1. The fraction of sp³-hybridized carbons (Fsp3) is 0.143. The second kappa shape index (κ2) is 5.86. The first kappa shape index (κ1) is 12.9. The Morgan fingerprint density at radius 3 is 2.89 bits per heavy atom. The minimum Gasteiger partial charge on any atom is -0.497 e. The Balaban J connectivity index is 2.12. The first-order chi connectivity index (χ1) is 9.20. The Hall–Kier alpha value is -2.56. The molecule has 0 saturated carbocycles. The summed E-state index contributed by atoms with van der Waals surface area (Å²) in [4.78, 5) is 14.7. The first-order valence-corrected chi connectivity index (χ1v) is 5.64. The van der Waals surface area contributed by atoms with E-state index in [0.29, 0.717) is 0 Å². The fourth-order valence-electron chi connectivity index (χ4n) is 1.59. The molecule has 0 amide bonds. The summed E-state index contributed by atoms with van der Waals surface area (Å²) in [6.07, 6.45) is 1.42. The van der Waals surface area contributed by atoms with E-state index in [-0.39, 0.29) is 18.1 Å². The maximum absolute atomic E-state index is 11.0. The van der Waals surface area contributed by atoms with Gasteiger partial charge in [0.25, 0.3) is 0 Å². The lowest BCUT2D eigenvalue weighted by Crippen LogP contribution is -2.05. The first-order valence-electron chi connectivity index (χ1n) is 5.64. The number of rotatable bonds is 5. The fourth-order valence-corrected chi connectivity index (χ4v) is 1.59. The van der Waals surface area contributed by atoms with Crippen molar-refractivity contribution in [2.24, 2.45) is 0 Å². The van der Waals surface area contributed by atoms with E-state index in [1.165, 1.54) is 6.20 Å². The van der Waals surface area contributed by atoms with Crippen LogP contribution in [0.15, 0.2) is 42.6 Å². The zero-order chi connectivity index (χ0) is 13.7. The van der Waals surface area contributed by atoms with Crippen molar-refractivity contribution in [2.75, 3.05) is 7.11 Å². The van der Waals surface area contributed by atoms with Gasteiger partial charge in [-0.15, -0.1) is 0 Å². The Morgan fingerprint density at radius 2 is 2.16 bits per heavy atom. The molecule has 0 unspecified atom stereocenters. The minimum absolute atomic E-state index is 0.0922. The lowest BCUT2D eigenvalue weighted by Gasteiger charge is -2.09. The number of aromatic nitrogens is 1. The number of nitrogens with zero attached hydrogens (tertiary/aromatic N) is 1. The van der Waals surface area contributed by atoms with Gasteiger partial charge in [0.05, 0.1) is 7.11 Å². The molecule has 5 nitrogen and oxygen atoms in total. The highest BCUT2D eigenvalue weighted by molar-refractivity contribution is 5.88. The van der Waals surface area contributed by atoms with E-state index in [1.54, 1.807) is 19.2 Å². The van der Waals surface area contributed by atoms with Crippen LogP contribution in [0.4, 0.5) is 0 Å². The van der Waals surface area contributed by atoms with Crippen LogP contribution in [0.5, 0.6) is 11.5 Å². The number of methoxy groups -OCH3 is 1. The molecule has 1 heterocycles. The third kappa shape index (κ3) is 3.22. The predicted molar refractivity (Wildman–Crippen MR) is 68.5 cm³/mol. The van der Waals surface area contributed by atoms with Gasteiger partial charge in [0.15, 0.2) is 11.4 Å². The number of carbonyl (C=O) groups is 1. The second-order valence-corrected chi connectivity index (χ2v) is 3.80. The van der Waals surface area contributed by atoms with Gasteiger partial charge in [0.2, 0.25) is 0 Å². The molecule has 0 atom stereocenters. The smallest absolute Gasteiger partial charge is 0.358 e. The van der Waals surface area contributed by atoms with Crippen molar-refractivity contribution in [2.45, 2.75) is 6.61 Å². The molecule has 2 rings (SSSR count). The zero-order valence-corrected chi connectivity index (χ0v) is 10.4. The highest BCUT2D eigenvalue weighted by atomic mass is 16.5. The lowest BCUT2D eigenvalue weighted by molar-refractivity contribution is 0.0685. The third-order valence-corrected chi connectivity index (χ3v) is 2.50. The van der Waals surface area contributed by atoms with E-state index in [4.69, 9.17) is 14.6 Å². The molecular weight excluding hydrogens is 246 g/mol. The van der Waals surface area contributed by atoms with Gasteiger partial charge in [-0.2, -0.15) is 0 Å². The summed E-state index contributed by atoms with van der Waals surface area (Å²) < 4.78 is 10.6. The highest BCUT2D eigenvalue weighted by Crippen LogP contribution is 2.18. The summed E-state index contributed by atoms with van der Waals surface area (Å²) in [5.74, 6) is -0.134. The molecule has 98 valence electrons. The van der Waals surface area contributed by atoms with E-state index >= 15 is 0 Å². The Kier molecular flexibility index (Phi) is 3.97. The normalized spacial score (nSPS) is 9.95. The van der Waals surface area contributed by atoms with Crippen molar-refractivity contribution in [1.29, 1.82) is 0 Å². The zero-order valence-electron chi connectivity index (χ0n) is 10.4. The molecule has 0 fully saturated rings. The molecule has 0 radical (unpaired) electrons. The molecule has 5 heteroatoms. The van der Waals surface area contributed by atoms with Gasteiger partial charge in [-0.05, 0) is 29.8 Å². The van der Waals surface area contributed by atoms with E-state index < -0.39 is 5.97 Å². The summed E-state index contributed by atoms with van der Waals surface area (Å²) in [6, 6.07) is 10.6. The summed E-state index contributed by atoms with van der Waals surface area (Å²) in [5.41, 5.74) is 0.796. The van der Waals surface area contributed by atoms with Gasteiger partial charge in [-0.3, -0.25) is 0 Å². The van der Waals surface area contributed by atoms with Crippen LogP contribution in [0.2, 0.25) is 0 Å². The Bertz CT molecular complexity index is 583. The van der Waals surface area contributed by atoms with E-state index in [9.17, 15) is 4.79 Å². The molecule has 2 aromatic rings. The number of ether oxygens (including phenoxy) is 2. The van der Waals surface area contributed by atoms with Crippen LogP contribution in [0, 0.1) is 0 Å². The van der Waals surface area contributed by atoms with Crippen LogP contribution in [0.3, 0.4) is 0 Å². The van der Waals surface area contributed by atoms with Crippen LogP contribution in [0.1, 0.15) is 16.1 Å². The number of pyridine rings is 1. The molecule has 0 saturated heterocycles. The van der Waals surface area contributed by atoms with Gasteiger partial charge in [0, 0.05) is 6.20 Å². The van der Waals surface area contributed by atoms with E-state index in [2.05, 4.69) is 4.98 Å². The maximum Gasteiger partial charge on any atom is 0.358 e. The van der Waals surface area contributed by atoms with Crippen molar-refractivity contribution in [3.63, 3.8) is 0 Å². The monoisotopic (exact) mass is 259 g/mol. The average molecular weight is 259 g/mol. The molecule has 0 aliphatic rings. The third-order valence-electron chi connectivity index (χ3n) is 2.50. The van der Waals surface area contributed by atoms with Crippen LogP contribution in [0.25, 0.3) is 0 Å². The molecular formula is C14H13NO4. The number of benzene rings is 1. The number of carboxylic acids is 1. The van der Waals surface area contributed by atoms with E-state index in [1.807, 2.05) is 24.3 Å². The minimum atomic E-state index is -1.11. The van der Waals surface area contributed by atoms with Crippen LogP contribution in [-0.2, 0) is 6.61 Å². The van der Waals surface area contributed by atoms with Crippen molar-refractivity contribution in [3.05, 3.63) is 53.9 Å². The molecule has 1 N–H and O–H groups in total. The molecule has 0 spiro atoms. The van der Waals surface area contributed by atoms with Crippen LogP contribution < -0.4 is 9.47 Å². The Morgan fingerprint density at radius 1 is 1.32 bits per heavy atom. The van der Waals surface area contributed by atoms with Crippen LogP contribution in [-0.4, -0.2) is 23.2 Å². The SMILES string of the molecule is COc1cccc(COc2cccnc2C(=O)O)c1. The summed E-state index contributed by atoms with van der Waals surface area (Å²) in [7, 11) is 1.59. The summed E-state index contributed by atoms with van der Waals surface area (Å²) in [5, 5.41) is 8.98. The van der Waals surface area contributed by atoms with Crippen LogP contribution >= 0.6 is 0 Å². The molecule has 0 bridgehead atoms. The van der Waals surface area contributed by atoms with Gasteiger partial charge >= 0.3 is 5.97 Å². The van der Waals surface area contributed by atoms with Crippen molar-refractivity contribution in [3.8, 4) is 11.5 Å². The Labute approximate surface area is 110 Å². The number of hydrogen-bond acceptors (Lipinski definition) is 4. The topological polar surface area (TPSA) is 68.7 Å². The molecule has 1 aromatic carbocycles. The molecule has 0 aliphatic carbocycles. The summed E-state index contributed by atoms with van der Waals surface area (Å²) in [6.45, 7) is 0.253. The van der Waals surface area contributed by atoms with Crippen molar-refractivity contribution < 1.29 is 19.4 Å². The van der Waals surface area contributed by atoms with Gasteiger partial charge in [0.1, 0.15) is 12.4 Å². The average Bonchev–Trinajstić information content (AvgIpc) is 2.45. The predicted octanol–water partition coefficient (Wildman–Crippen LogP) is 2.37. The second-order valence-electron chi connectivity index (χ2n) is 3.80. The van der Waals surface area contributed by atoms with Gasteiger partial charge < -0.3 is 14.6 Å². The molecule has 1 aromatic heterocycles. The maximum atomic E-state index is 11.0. The number of hydrogen-bond donors (Lipinski definition) is 1. The number of aromatic carboxylic acids is 1. The molecule has 19 heavy (non-hydrogen) atoms. The van der Waals surface area contributed by atoms with Crippen molar-refractivity contribution >= 4 is 5.97 Å². The summed E-state index contributed by atoms with van der Waals surface area (Å²) >= 11 is 0. The van der Waals surface area contributed by atoms with E-state index in [0.717, 1.165) is 11.3 Å². The highest BCUT2D eigenvalue weighted by Gasteiger charge is 2.12. The quantitative estimate of drug-likeness (QED) is 0.892.